The Bertz CT molecular complexity index is 480. The number of carbonyl (C=O) groups excluding carboxylic acids is 1. The van der Waals surface area contributed by atoms with E-state index in [2.05, 4.69) is 20.4 Å². The van der Waals surface area contributed by atoms with Crippen LogP contribution >= 0.6 is 11.8 Å². The van der Waals surface area contributed by atoms with E-state index >= 15 is 0 Å². The minimum Gasteiger partial charge on any atom is -0.444 e. The van der Waals surface area contributed by atoms with Gasteiger partial charge in [0, 0.05) is 19.0 Å². The Morgan fingerprint density at radius 1 is 1.19 bits per heavy atom. The molecule has 1 amide bonds. The van der Waals surface area contributed by atoms with Crippen molar-refractivity contribution in [3.8, 4) is 0 Å². The largest absolute Gasteiger partial charge is 0.444 e. The topological polar surface area (TPSA) is 81.1 Å². The molecular weight excluding hydrogens is 290 g/mol. The van der Waals surface area contributed by atoms with Gasteiger partial charge in [-0.15, -0.1) is 20.4 Å². The normalized spacial score (nSPS) is 16.9. The lowest BCUT2D eigenvalue weighted by Gasteiger charge is -2.32. The Kier molecular flexibility index (Phi) is 4.97. The van der Waals surface area contributed by atoms with Crippen LogP contribution in [0.3, 0.4) is 0 Å². The van der Waals surface area contributed by atoms with E-state index in [-0.39, 0.29) is 12.0 Å². The van der Waals surface area contributed by atoms with Crippen molar-refractivity contribution in [1.82, 2.24) is 25.3 Å². The van der Waals surface area contributed by atoms with Crippen molar-refractivity contribution in [2.24, 2.45) is 0 Å². The van der Waals surface area contributed by atoms with Crippen LogP contribution in [-0.4, -0.2) is 56.3 Å². The van der Waals surface area contributed by atoms with Crippen LogP contribution in [0.4, 0.5) is 4.79 Å². The van der Waals surface area contributed by atoms with E-state index in [1.165, 1.54) is 11.8 Å². The molecule has 2 heterocycles. The fourth-order valence-corrected chi connectivity index (χ4v) is 2.36. The number of carbonyl (C=O) groups is 1. The maximum absolute atomic E-state index is 12.0. The number of amides is 1. The zero-order valence-corrected chi connectivity index (χ0v) is 13.7. The molecule has 0 N–H and O–H groups in total. The van der Waals surface area contributed by atoms with E-state index in [4.69, 9.17) is 4.74 Å². The van der Waals surface area contributed by atoms with Crippen molar-refractivity contribution in [2.75, 3.05) is 19.3 Å². The molecule has 1 aromatic heterocycles. The van der Waals surface area contributed by atoms with Gasteiger partial charge in [-0.2, -0.15) is 0 Å². The van der Waals surface area contributed by atoms with Crippen LogP contribution in [0.2, 0.25) is 0 Å². The Morgan fingerprint density at radius 2 is 1.76 bits per heavy atom. The van der Waals surface area contributed by atoms with E-state index in [0.717, 1.165) is 12.8 Å². The van der Waals surface area contributed by atoms with E-state index in [9.17, 15) is 4.79 Å². The fraction of sp³-hybridized carbons (Fsp3) is 0.769. The molecule has 116 valence electrons. The summed E-state index contributed by atoms with van der Waals surface area (Å²) < 4.78 is 5.38. The monoisotopic (exact) mass is 311 g/mol. The third-order valence-electron chi connectivity index (χ3n) is 3.17. The lowest BCUT2D eigenvalue weighted by molar-refractivity contribution is 0.0202. The van der Waals surface area contributed by atoms with E-state index < -0.39 is 5.60 Å². The molecule has 0 radical (unpaired) electrons. The molecule has 1 fully saturated rings. The predicted molar refractivity (Wildman–Crippen MR) is 79.2 cm³/mol. The quantitative estimate of drug-likeness (QED) is 0.774. The molecule has 0 aliphatic carbocycles. The van der Waals surface area contributed by atoms with Crippen LogP contribution in [-0.2, 0) is 4.74 Å². The highest BCUT2D eigenvalue weighted by Crippen LogP contribution is 2.26. The summed E-state index contributed by atoms with van der Waals surface area (Å²) in [5, 5.41) is 16.8. The van der Waals surface area contributed by atoms with Crippen molar-refractivity contribution in [3.05, 3.63) is 5.82 Å². The first-order chi connectivity index (χ1) is 9.89. The van der Waals surface area contributed by atoms with Gasteiger partial charge >= 0.3 is 6.09 Å². The number of hydrogen-bond acceptors (Lipinski definition) is 7. The maximum atomic E-state index is 12.0. The summed E-state index contributed by atoms with van der Waals surface area (Å²) in [6.45, 7) is 6.91. The number of nitrogens with zero attached hydrogens (tertiary/aromatic N) is 5. The Balaban J connectivity index is 1.89. The molecule has 1 aromatic rings. The number of hydrogen-bond donors (Lipinski definition) is 0. The second kappa shape index (κ2) is 6.55. The van der Waals surface area contributed by atoms with Crippen molar-refractivity contribution in [3.63, 3.8) is 0 Å². The van der Waals surface area contributed by atoms with Gasteiger partial charge in [-0.05, 0) is 39.9 Å². The van der Waals surface area contributed by atoms with Gasteiger partial charge in [0.05, 0.1) is 0 Å². The molecule has 2 rings (SSSR count). The summed E-state index contributed by atoms with van der Waals surface area (Å²) >= 11 is 1.42. The summed E-state index contributed by atoms with van der Waals surface area (Å²) in [5.41, 5.74) is -0.460. The molecule has 1 aliphatic rings. The highest BCUT2D eigenvalue weighted by atomic mass is 32.2. The second-order valence-electron chi connectivity index (χ2n) is 5.99. The van der Waals surface area contributed by atoms with Crippen molar-refractivity contribution in [2.45, 2.75) is 50.3 Å². The summed E-state index contributed by atoms with van der Waals surface area (Å²) in [5.74, 6) is 0.872. The number of rotatable bonds is 2. The van der Waals surface area contributed by atoms with Crippen LogP contribution in [0, 0.1) is 0 Å². The van der Waals surface area contributed by atoms with E-state index in [1.54, 1.807) is 4.90 Å². The number of piperidine rings is 1. The lowest BCUT2D eigenvalue weighted by Crippen LogP contribution is -2.41. The van der Waals surface area contributed by atoms with Gasteiger partial charge in [-0.1, -0.05) is 11.8 Å². The molecule has 0 atom stereocenters. The number of thioether (sulfide) groups is 1. The third kappa shape index (κ3) is 4.52. The zero-order valence-electron chi connectivity index (χ0n) is 12.9. The van der Waals surface area contributed by atoms with Crippen molar-refractivity contribution < 1.29 is 9.53 Å². The fourth-order valence-electron chi connectivity index (χ4n) is 2.12. The van der Waals surface area contributed by atoms with Gasteiger partial charge in [-0.25, -0.2) is 4.79 Å². The molecule has 0 bridgehead atoms. The first-order valence-corrected chi connectivity index (χ1v) is 8.21. The Labute approximate surface area is 128 Å². The van der Waals surface area contributed by atoms with Gasteiger partial charge in [0.25, 0.3) is 0 Å². The van der Waals surface area contributed by atoms with Crippen molar-refractivity contribution >= 4 is 17.9 Å². The van der Waals surface area contributed by atoms with Crippen LogP contribution in [0.15, 0.2) is 5.16 Å². The molecule has 0 saturated carbocycles. The minimum atomic E-state index is -0.460. The average molecular weight is 311 g/mol. The molecule has 21 heavy (non-hydrogen) atoms. The van der Waals surface area contributed by atoms with E-state index in [0.29, 0.717) is 24.1 Å². The van der Waals surface area contributed by atoms with Gasteiger partial charge in [0.1, 0.15) is 5.60 Å². The Morgan fingerprint density at radius 3 is 2.24 bits per heavy atom. The molecule has 7 nitrogen and oxygen atoms in total. The molecule has 1 aliphatic heterocycles. The predicted octanol–water partition coefficient (Wildman–Crippen LogP) is 2.10. The van der Waals surface area contributed by atoms with Crippen LogP contribution in [0.5, 0.6) is 0 Å². The molecule has 8 heteroatoms. The zero-order chi connectivity index (χ0) is 15.5. The van der Waals surface area contributed by atoms with Crippen LogP contribution in [0.25, 0.3) is 0 Å². The van der Waals surface area contributed by atoms with Gasteiger partial charge in [-0.3, -0.25) is 0 Å². The molecule has 0 spiro atoms. The molecule has 0 unspecified atom stereocenters. The summed E-state index contributed by atoms with van der Waals surface area (Å²) in [6.07, 6.45) is 3.25. The first-order valence-electron chi connectivity index (χ1n) is 6.98. The summed E-state index contributed by atoms with van der Waals surface area (Å²) in [7, 11) is 0. The molecule has 1 saturated heterocycles. The van der Waals surface area contributed by atoms with Gasteiger partial charge in [0.2, 0.25) is 5.16 Å². The van der Waals surface area contributed by atoms with Gasteiger partial charge < -0.3 is 9.64 Å². The van der Waals surface area contributed by atoms with Crippen LogP contribution < -0.4 is 0 Å². The number of ether oxygens (including phenoxy) is 1. The molecule has 0 aromatic carbocycles. The number of aromatic nitrogens is 4. The third-order valence-corrected chi connectivity index (χ3v) is 3.70. The standard InChI is InChI=1S/C13H21N5O2S/c1-13(2,3)20-12(19)18-7-5-9(6-8-18)10-14-16-11(21-4)17-15-10/h9H,5-8H2,1-4H3. The molecular formula is C13H21N5O2S. The SMILES string of the molecule is CSc1nnc(C2CCN(C(=O)OC(C)(C)C)CC2)nn1. The maximum Gasteiger partial charge on any atom is 0.410 e. The highest BCUT2D eigenvalue weighted by molar-refractivity contribution is 7.98. The minimum absolute atomic E-state index is 0.208. The van der Waals surface area contributed by atoms with Crippen molar-refractivity contribution in [1.29, 1.82) is 0 Å². The first kappa shape index (κ1) is 15.9. The second-order valence-corrected chi connectivity index (χ2v) is 6.76. The highest BCUT2D eigenvalue weighted by Gasteiger charge is 2.28. The lowest BCUT2D eigenvalue weighted by atomic mass is 9.96. The van der Waals surface area contributed by atoms with E-state index in [1.807, 2.05) is 27.0 Å². The van der Waals surface area contributed by atoms with Gasteiger partial charge in [0.15, 0.2) is 5.82 Å². The average Bonchev–Trinajstić information content (AvgIpc) is 2.46. The van der Waals surface area contributed by atoms with Crippen LogP contribution in [0.1, 0.15) is 45.4 Å². The summed E-state index contributed by atoms with van der Waals surface area (Å²) in [4.78, 5) is 13.7. The smallest absolute Gasteiger partial charge is 0.410 e. The number of likely N-dealkylation sites (tertiary alicyclic amines) is 1. The Hall–Kier alpha value is -1.44. The summed E-state index contributed by atoms with van der Waals surface area (Å²) in [6, 6.07) is 0.